The van der Waals surface area contributed by atoms with E-state index >= 15 is 0 Å². The number of nitriles is 1. The number of rotatable bonds is 7. The van der Waals surface area contributed by atoms with Gasteiger partial charge in [0.1, 0.15) is 17.4 Å². The quantitative estimate of drug-likeness (QED) is 0.236. The Labute approximate surface area is 240 Å². The van der Waals surface area contributed by atoms with Crippen LogP contribution in [0.15, 0.2) is 83.9 Å². The van der Waals surface area contributed by atoms with Crippen molar-refractivity contribution in [2.45, 2.75) is 46.6 Å². The second-order valence-corrected chi connectivity index (χ2v) is 12.3. The molecule has 6 heteroatoms. The zero-order valence-corrected chi connectivity index (χ0v) is 23.9. The first-order valence-corrected chi connectivity index (χ1v) is 14.4. The van der Waals surface area contributed by atoms with E-state index in [0.717, 1.165) is 46.6 Å². The summed E-state index contributed by atoms with van der Waals surface area (Å²) in [6, 6.07) is 26.9. The lowest BCUT2D eigenvalue weighted by Crippen LogP contribution is -2.27. The number of hydrogen-bond acceptors (Lipinski definition) is 5. The molecule has 0 unspecified atom stereocenters. The predicted molar refractivity (Wildman–Crippen MR) is 163 cm³/mol. The third-order valence-electron chi connectivity index (χ3n) is 7.47. The number of benzene rings is 3. The summed E-state index contributed by atoms with van der Waals surface area (Å²) < 4.78 is 5.91. The van der Waals surface area contributed by atoms with Crippen LogP contribution in [0.3, 0.4) is 0 Å². The van der Waals surface area contributed by atoms with E-state index in [0.29, 0.717) is 29.4 Å². The van der Waals surface area contributed by atoms with E-state index in [1.165, 1.54) is 4.88 Å². The Balaban J connectivity index is 1.36. The monoisotopic (exact) mass is 547 g/mol. The maximum absolute atomic E-state index is 13.5. The van der Waals surface area contributed by atoms with Gasteiger partial charge < -0.3 is 10.1 Å². The zero-order valence-electron chi connectivity index (χ0n) is 23.1. The van der Waals surface area contributed by atoms with E-state index in [4.69, 9.17) is 9.73 Å². The van der Waals surface area contributed by atoms with Gasteiger partial charge in [0.2, 0.25) is 0 Å². The van der Waals surface area contributed by atoms with Crippen LogP contribution >= 0.6 is 11.3 Å². The minimum Gasteiger partial charge on any atom is -0.489 e. The summed E-state index contributed by atoms with van der Waals surface area (Å²) >= 11 is 1.64. The number of fused-ring (bicyclic) bond motifs is 1. The molecule has 0 radical (unpaired) electrons. The minimum absolute atomic E-state index is 0.105. The van der Waals surface area contributed by atoms with Crippen molar-refractivity contribution in [2.75, 3.05) is 5.32 Å². The number of hydrogen-bond donors (Lipinski definition) is 1. The maximum Gasteiger partial charge on any atom is 0.259 e. The predicted octanol–water partition coefficient (Wildman–Crippen LogP) is 8.35. The molecular formula is C34H33N3O2S. The Bertz CT molecular complexity index is 1560. The summed E-state index contributed by atoms with van der Waals surface area (Å²) in [5.74, 6) is 1.19. The molecule has 4 aromatic rings. The second kappa shape index (κ2) is 11.9. The molecular weight excluding hydrogens is 514 g/mol. The van der Waals surface area contributed by atoms with Crippen molar-refractivity contribution in [1.29, 1.82) is 5.26 Å². The van der Waals surface area contributed by atoms with Crippen LogP contribution in [-0.4, -0.2) is 12.1 Å². The molecule has 1 aliphatic rings. The molecule has 1 N–H and O–H groups in total. The van der Waals surface area contributed by atoms with Gasteiger partial charge in [0, 0.05) is 22.3 Å². The summed E-state index contributed by atoms with van der Waals surface area (Å²) in [5.41, 5.74) is 5.23. The van der Waals surface area contributed by atoms with Crippen molar-refractivity contribution in [3.05, 3.63) is 112 Å². The highest BCUT2D eigenvalue weighted by atomic mass is 32.1. The number of aliphatic imine (C=N–C) groups is 1. The topological polar surface area (TPSA) is 74.5 Å². The Kier molecular flexibility index (Phi) is 8.14. The van der Waals surface area contributed by atoms with Crippen molar-refractivity contribution in [3.8, 4) is 11.8 Å². The molecule has 202 valence electrons. The van der Waals surface area contributed by atoms with Crippen LogP contribution in [0, 0.1) is 22.7 Å². The Morgan fingerprint density at radius 1 is 1.07 bits per heavy atom. The largest absolute Gasteiger partial charge is 0.489 e. The molecule has 0 aliphatic heterocycles. The van der Waals surface area contributed by atoms with Crippen molar-refractivity contribution in [3.63, 3.8) is 0 Å². The number of nitrogens with one attached hydrogen (secondary N) is 1. The lowest BCUT2D eigenvalue weighted by atomic mass is 9.72. The van der Waals surface area contributed by atoms with Gasteiger partial charge in [-0.2, -0.15) is 5.26 Å². The SMILES string of the molecule is CC(C)(C)[C@H]1CCc2c(sc(N=Cc3ccc(OCc4ccccc4C#N)cc3)c2C(=O)Nc2ccccc2)C1. The smallest absolute Gasteiger partial charge is 0.259 e. The molecule has 5 rings (SSSR count). The van der Waals surface area contributed by atoms with Gasteiger partial charge in [-0.25, -0.2) is 4.99 Å². The van der Waals surface area contributed by atoms with Crippen molar-refractivity contribution >= 4 is 34.1 Å². The molecule has 1 heterocycles. The van der Waals surface area contributed by atoms with Crippen LogP contribution in [0.25, 0.3) is 0 Å². The van der Waals surface area contributed by atoms with E-state index in [-0.39, 0.29) is 11.3 Å². The number of carbonyl (C=O) groups excluding carboxylic acids is 1. The molecule has 0 saturated heterocycles. The highest BCUT2D eigenvalue weighted by molar-refractivity contribution is 7.16. The lowest BCUT2D eigenvalue weighted by molar-refractivity contribution is 0.102. The van der Waals surface area contributed by atoms with E-state index in [1.807, 2.05) is 79.0 Å². The molecule has 40 heavy (non-hydrogen) atoms. The fourth-order valence-corrected chi connectivity index (χ4v) is 6.32. The van der Waals surface area contributed by atoms with Crippen LogP contribution < -0.4 is 10.1 Å². The first-order chi connectivity index (χ1) is 19.3. The van der Waals surface area contributed by atoms with Crippen LogP contribution in [0.2, 0.25) is 0 Å². The van der Waals surface area contributed by atoms with E-state index < -0.39 is 0 Å². The van der Waals surface area contributed by atoms with Gasteiger partial charge in [0.15, 0.2) is 0 Å². The highest BCUT2D eigenvalue weighted by Crippen LogP contribution is 2.45. The number of nitrogens with zero attached hydrogens (tertiary/aromatic N) is 2. The molecule has 5 nitrogen and oxygen atoms in total. The van der Waals surface area contributed by atoms with Gasteiger partial charge in [-0.3, -0.25) is 4.79 Å². The number of anilines is 1. The van der Waals surface area contributed by atoms with Crippen molar-refractivity contribution in [2.24, 2.45) is 16.3 Å². The van der Waals surface area contributed by atoms with Crippen LogP contribution in [0.5, 0.6) is 5.75 Å². The van der Waals surface area contributed by atoms with Gasteiger partial charge in [-0.05, 0) is 84.2 Å². The van der Waals surface area contributed by atoms with Gasteiger partial charge in [-0.1, -0.05) is 57.2 Å². The fraction of sp³-hybridized carbons (Fsp3) is 0.265. The first-order valence-electron chi connectivity index (χ1n) is 13.6. The van der Waals surface area contributed by atoms with Gasteiger partial charge in [0.05, 0.1) is 17.2 Å². The molecule has 1 aromatic heterocycles. The fourth-order valence-electron chi connectivity index (χ4n) is 5.05. The first kappa shape index (κ1) is 27.4. The molecule has 0 spiro atoms. The molecule has 0 saturated carbocycles. The number of carbonyl (C=O) groups is 1. The molecule has 0 fully saturated rings. The average Bonchev–Trinajstić information content (AvgIpc) is 3.33. The number of amides is 1. The summed E-state index contributed by atoms with van der Waals surface area (Å²) in [4.78, 5) is 19.6. The van der Waals surface area contributed by atoms with Gasteiger partial charge in [0.25, 0.3) is 5.91 Å². The molecule has 0 bridgehead atoms. The van der Waals surface area contributed by atoms with Crippen molar-refractivity contribution in [1.82, 2.24) is 0 Å². The normalized spacial score (nSPS) is 14.9. The third kappa shape index (κ3) is 6.32. The Morgan fingerprint density at radius 2 is 1.80 bits per heavy atom. The molecule has 1 amide bonds. The molecule has 1 aliphatic carbocycles. The lowest BCUT2D eigenvalue weighted by Gasteiger charge is -2.33. The maximum atomic E-state index is 13.5. The number of para-hydroxylation sites is 1. The van der Waals surface area contributed by atoms with Crippen molar-refractivity contribution < 1.29 is 9.53 Å². The summed E-state index contributed by atoms with van der Waals surface area (Å²) in [7, 11) is 0. The van der Waals surface area contributed by atoms with E-state index in [9.17, 15) is 10.1 Å². The number of thiophene rings is 1. The van der Waals surface area contributed by atoms with E-state index in [1.54, 1.807) is 17.4 Å². The average molecular weight is 548 g/mol. The van der Waals surface area contributed by atoms with Gasteiger partial charge in [-0.15, -0.1) is 11.3 Å². The molecule has 1 atom stereocenters. The minimum atomic E-state index is -0.105. The second-order valence-electron chi connectivity index (χ2n) is 11.2. The third-order valence-corrected chi connectivity index (χ3v) is 8.64. The highest BCUT2D eigenvalue weighted by Gasteiger charge is 2.33. The van der Waals surface area contributed by atoms with Crippen LogP contribution in [-0.2, 0) is 19.4 Å². The summed E-state index contributed by atoms with van der Waals surface area (Å²) in [6.45, 7) is 7.23. The zero-order chi connectivity index (χ0) is 28.1. The summed E-state index contributed by atoms with van der Waals surface area (Å²) in [6.07, 6.45) is 4.75. The van der Waals surface area contributed by atoms with E-state index in [2.05, 4.69) is 32.2 Å². The Morgan fingerprint density at radius 3 is 2.52 bits per heavy atom. The van der Waals surface area contributed by atoms with Gasteiger partial charge >= 0.3 is 0 Å². The Hall–Kier alpha value is -4.21. The van der Waals surface area contributed by atoms with Crippen LogP contribution in [0.4, 0.5) is 10.7 Å². The van der Waals surface area contributed by atoms with Crippen LogP contribution in [0.1, 0.15) is 64.7 Å². The number of ether oxygens (including phenoxy) is 1. The molecule has 3 aromatic carbocycles. The summed E-state index contributed by atoms with van der Waals surface area (Å²) in [5, 5.41) is 13.1. The standard InChI is InChI=1S/C34H33N3O2S/c1-34(2,3)26-15-18-29-30(19-26)40-33(31(29)32(38)37-27-11-5-4-6-12-27)36-21-23-13-16-28(17-14-23)39-22-25-10-8-7-9-24(25)20-35/h4-14,16-17,21,26H,15,18-19,22H2,1-3H3,(H,37,38)/t26-/m0/s1.